The van der Waals surface area contributed by atoms with Gasteiger partial charge in [0, 0.05) is 18.3 Å². The van der Waals surface area contributed by atoms with Gasteiger partial charge in [0.05, 0.1) is 0 Å². The Morgan fingerprint density at radius 1 is 0.828 bits per heavy atom. The van der Waals surface area contributed by atoms with Crippen molar-refractivity contribution in [2.24, 2.45) is 0 Å². The Balaban J connectivity index is 1.54. The summed E-state index contributed by atoms with van der Waals surface area (Å²) in [6.07, 6.45) is 2.87. The van der Waals surface area contributed by atoms with Crippen LogP contribution in [-0.4, -0.2) is 14.5 Å². The third-order valence-electron chi connectivity index (χ3n) is 5.63. The average molecular weight is 377 g/mol. The maximum atomic E-state index is 4.90. The minimum absolute atomic E-state index is 0.875. The minimum atomic E-state index is 0.875. The van der Waals surface area contributed by atoms with Crippen LogP contribution >= 0.6 is 0 Å². The number of benzene rings is 3. The molecule has 0 amide bonds. The maximum absolute atomic E-state index is 4.90. The Labute approximate surface area is 170 Å². The number of pyridine rings is 1. The quantitative estimate of drug-likeness (QED) is 0.378. The summed E-state index contributed by atoms with van der Waals surface area (Å²) in [5.41, 5.74) is 6.88. The summed E-state index contributed by atoms with van der Waals surface area (Å²) in [5.74, 6) is 1.01. The summed E-state index contributed by atoms with van der Waals surface area (Å²) in [6.45, 7) is 5.07. The second kappa shape index (κ2) is 7.17. The Bertz CT molecular complexity index is 1310. The number of aromatic nitrogens is 3. The number of rotatable bonds is 4. The number of hydrogen-bond donors (Lipinski definition) is 0. The molecule has 0 spiro atoms. The van der Waals surface area contributed by atoms with Gasteiger partial charge in [-0.05, 0) is 54.3 Å². The predicted octanol–water partition coefficient (Wildman–Crippen LogP) is 6.11. The van der Waals surface area contributed by atoms with Gasteiger partial charge in [-0.25, -0.2) is 9.97 Å². The topological polar surface area (TPSA) is 30.7 Å². The first-order valence-electron chi connectivity index (χ1n) is 10.1. The van der Waals surface area contributed by atoms with E-state index in [4.69, 9.17) is 4.98 Å². The number of fused-ring (bicyclic) bond motifs is 2. The van der Waals surface area contributed by atoms with Gasteiger partial charge in [-0.15, -0.1) is 0 Å². The van der Waals surface area contributed by atoms with Crippen LogP contribution in [0.2, 0.25) is 0 Å². The van der Waals surface area contributed by atoms with Gasteiger partial charge in [0.15, 0.2) is 5.65 Å². The summed E-state index contributed by atoms with van der Waals surface area (Å²) in [5, 5.41) is 2.49. The molecule has 2 aromatic heterocycles. The van der Waals surface area contributed by atoms with Gasteiger partial charge in [-0.1, -0.05) is 66.2 Å². The summed E-state index contributed by atoms with van der Waals surface area (Å²) < 4.78 is 2.24. The largest absolute Gasteiger partial charge is 0.313 e. The molecule has 0 fully saturated rings. The van der Waals surface area contributed by atoms with Crippen molar-refractivity contribution in [3.8, 4) is 11.1 Å². The third-order valence-corrected chi connectivity index (χ3v) is 5.63. The number of hydrogen-bond acceptors (Lipinski definition) is 2. The zero-order valence-corrected chi connectivity index (χ0v) is 16.8. The number of nitrogens with zero attached hydrogens (tertiary/aromatic N) is 3. The van der Waals surface area contributed by atoms with Gasteiger partial charge >= 0.3 is 0 Å². The van der Waals surface area contributed by atoms with Crippen molar-refractivity contribution in [1.82, 2.24) is 14.5 Å². The molecule has 3 aromatic carbocycles. The van der Waals surface area contributed by atoms with Crippen molar-refractivity contribution >= 4 is 21.9 Å². The van der Waals surface area contributed by atoms with E-state index in [0.717, 1.165) is 35.5 Å². The van der Waals surface area contributed by atoms with E-state index in [9.17, 15) is 0 Å². The monoisotopic (exact) mass is 377 g/mol. The lowest BCUT2D eigenvalue weighted by atomic mass is 10.0. The van der Waals surface area contributed by atoms with Crippen LogP contribution in [0.25, 0.3) is 33.1 Å². The SMILES string of the molecule is Cc1ccc(CCn2c(C)nc3c(-c4ccc5ccccc5c4)ccnc32)cc1. The Kier molecular flexibility index (Phi) is 4.36. The summed E-state index contributed by atoms with van der Waals surface area (Å²) >= 11 is 0. The van der Waals surface area contributed by atoms with Crippen LogP contribution in [0.1, 0.15) is 17.0 Å². The Morgan fingerprint density at radius 3 is 2.45 bits per heavy atom. The predicted molar refractivity (Wildman–Crippen MR) is 120 cm³/mol. The van der Waals surface area contributed by atoms with Crippen molar-refractivity contribution in [2.75, 3.05) is 0 Å². The smallest absolute Gasteiger partial charge is 0.160 e. The number of aryl methyl sites for hydroxylation is 4. The van der Waals surface area contributed by atoms with Crippen molar-refractivity contribution in [3.63, 3.8) is 0 Å². The highest BCUT2D eigenvalue weighted by Gasteiger charge is 2.14. The molecule has 5 rings (SSSR count). The molecular weight excluding hydrogens is 354 g/mol. The van der Waals surface area contributed by atoms with Gasteiger partial charge < -0.3 is 4.57 Å². The highest BCUT2D eigenvalue weighted by Crippen LogP contribution is 2.30. The van der Waals surface area contributed by atoms with E-state index in [1.807, 2.05) is 6.20 Å². The molecule has 2 heterocycles. The molecule has 29 heavy (non-hydrogen) atoms. The zero-order valence-electron chi connectivity index (χ0n) is 16.8. The fourth-order valence-corrected chi connectivity index (χ4v) is 3.98. The van der Waals surface area contributed by atoms with Crippen molar-refractivity contribution in [1.29, 1.82) is 0 Å². The van der Waals surface area contributed by atoms with Crippen molar-refractivity contribution < 1.29 is 0 Å². The molecule has 0 saturated carbocycles. The lowest BCUT2D eigenvalue weighted by Crippen LogP contribution is -2.04. The highest BCUT2D eigenvalue weighted by molar-refractivity contribution is 5.94. The molecule has 0 N–H and O–H groups in total. The lowest BCUT2D eigenvalue weighted by molar-refractivity contribution is 0.686. The fraction of sp³-hybridized carbons (Fsp3) is 0.154. The number of imidazole rings is 1. The third kappa shape index (κ3) is 3.29. The summed E-state index contributed by atoms with van der Waals surface area (Å²) in [4.78, 5) is 9.57. The van der Waals surface area contributed by atoms with Crippen LogP contribution < -0.4 is 0 Å². The molecular formula is C26H23N3. The van der Waals surface area contributed by atoms with E-state index in [1.54, 1.807) is 0 Å². The van der Waals surface area contributed by atoms with Crippen LogP contribution in [0.4, 0.5) is 0 Å². The Hall–Kier alpha value is -3.46. The molecule has 0 aliphatic rings. The molecule has 0 radical (unpaired) electrons. The van der Waals surface area contributed by atoms with Gasteiger partial charge in [0.25, 0.3) is 0 Å². The van der Waals surface area contributed by atoms with Gasteiger partial charge in [0.1, 0.15) is 11.3 Å². The second-order valence-corrected chi connectivity index (χ2v) is 7.64. The lowest BCUT2D eigenvalue weighted by Gasteiger charge is -2.08. The Morgan fingerprint density at radius 2 is 1.62 bits per heavy atom. The van der Waals surface area contributed by atoms with E-state index >= 15 is 0 Å². The summed E-state index contributed by atoms with van der Waals surface area (Å²) in [6, 6.07) is 25.9. The van der Waals surface area contributed by atoms with Crippen LogP contribution in [0.15, 0.2) is 79.0 Å². The van der Waals surface area contributed by atoms with Gasteiger partial charge in [-0.3, -0.25) is 0 Å². The highest BCUT2D eigenvalue weighted by atomic mass is 15.1. The molecule has 0 aliphatic carbocycles. The molecule has 0 unspecified atom stereocenters. The first-order chi connectivity index (χ1) is 14.2. The molecule has 0 saturated heterocycles. The molecule has 142 valence electrons. The van der Waals surface area contributed by atoms with E-state index < -0.39 is 0 Å². The van der Waals surface area contributed by atoms with E-state index in [0.29, 0.717) is 0 Å². The van der Waals surface area contributed by atoms with Crippen molar-refractivity contribution in [2.45, 2.75) is 26.8 Å². The zero-order chi connectivity index (χ0) is 19.8. The molecule has 3 heteroatoms. The van der Waals surface area contributed by atoms with Crippen LogP contribution in [0.3, 0.4) is 0 Å². The molecule has 0 aliphatic heterocycles. The van der Waals surface area contributed by atoms with Crippen LogP contribution in [-0.2, 0) is 13.0 Å². The van der Waals surface area contributed by atoms with Crippen LogP contribution in [0.5, 0.6) is 0 Å². The minimum Gasteiger partial charge on any atom is -0.313 e. The van der Waals surface area contributed by atoms with Gasteiger partial charge in [0.2, 0.25) is 0 Å². The van der Waals surface area contributed by atoms with E-state index in [-0.39, 0.29) is 0 Å². The molecule has 0 bridgehead atoms. The van der Waals surface area contributed by atoms with Gasteiger partial charge in [-0.2, -0.15) is 0 Å². The maximum Gasteiger partial charge on any atom is 0.160 e. The first-order valence-corrected chi connectivity index (χ1v) is 10.1. The first kappa shape index (κ1) is 17.6. The van der Waals surface area contributed by atoms with Crippen LogP contribution in [0, 0.1) is 13.8 Å². The normalized spacial score (nSPS) is 11.4. The van der Waals surface area contributed by atoms with Crippen molar-refractivity contribution in [3.05, 3.63) is 95.9 Å². The molecule has 5 aromatic rings. The fourth-order valence-electron chi connectivity index (χ4n) is 3.98. The second-order valence-electron chi connectivity index (χ2n) is 7.64. The van der Waals surface area contributed by atoms with E-state index in [2.05, 4.69) is 96.2 Å². The molecule has 3 nitrogen and oxygen atoms in total. The average Bonchev–Trinajstić information content (AvgIpc) is 3.08. The molecule has 0 atom stereocenters. The van der Waals surface area contributed by atoms with E-state index in [1.165, 1.54) is 27.5 Å². The summed E-state index contributed by atoms with van der Waals surface area (Å²) in [7, 11) is 0. The standard InChI is InChI=1S/C26H23N3/c1-18-7-9-20(10-8-18)14-16-29-19(2)28-25-24(13-15-27-26(25)29)23-12-11-21-5-3-4-6-22(21)17-23/h3-13,15,17H,14,16H2,1-2H3.